The lowest BCUT2D eigenvalue weighted by Crippen LogP contribution is -2.42. The third-order valence-electron chi connectivity index (χ3n) is 4.01. The second-order valence-electron chi connectivity index (χ2n) is 6.93. The van der Waals surface area contributed by atoms with Crippen molar-refractivity contribution in [3.63, 3.8) is 0 Å². The van der Waals surface area contributed by atoms with Crippen LogP contribution in [-0.2, 0) is 14.3 Å². The molecule has 1 rings (SSSR count). The van der Waals surface area contributed by atoms with Crippen molar-refractivity contribution in [3.05, 3.63) is 0 Å². The summed E-state index contributed by atoms with van der Waals surface area (Å²) in [6.45, 7) is 12.6. The molecule has 0 aromatic carbocycles. The molecule has 1 heterocycles. The van der Waals surface area contributed by atoms with E-state index in [9.17, 15) is 4.79 Å². The predicted molar refractivity (Wildman–Crippen MR) is 101 cm³/mol. The Kier molecular flexibility index (Phi) is 10.5. The maximum absolute atomic E-state index is 12.0. The number of ether oxygens (including phenoxy) is 2. The summed E-state index contributed by atoms with van der Waals surface area (Å²) in [6, 6.07) is 0. The van der Waals surface area contributed by atoms with E-state index < -0.39 is 5.41 Å². The molecule has 0 radical (unpaired) electrons. The van der Waals surface area contributed by atoms with E-state index in [1.807, 2.05) is 27.7 Å². The van der Waals surface area contributed by atoms with Crippen LogP contribution in [0, 0.1) is 5.41 Å². The average molecular weight is 357 g/mol. The lowest BCUT2D eigenvalue weighted by atomic mass is 9.92. The van der Waals surface area contributed by atoms with Crippen molar-refractivity contribution < 1.29 is 14.3 Å². The lowest BCUT2D eigenvalue weighted by Gasteiger charge is -2.22. The van der Waals surface area contributed by atoms with E-state index in [0.29, 0.717) is 26.3 Å². The fraction of sp³-hybridized carbons (Fsp3) is 0.889. The Bertz CT molecular complexity index is 407. The highest BCUT2D eigenvalue weighted by Crippen LogP contribution is 2.15. The highest BCUT2D eigenvalue weighted by atomic mass is 16.5. The second kappa shape index (κ2) is 12.1. The number of rotatable bonds is 11. The van der Waals surface area contributed by atoms with Gasteiger partial charge in [0.2, 0.25) is 5.91 Å². The van der Waals surface area contributed by atoms with Crippen LogP contribution in [0.2, 0.25) is 0 Å². The molecule has 0 aromatic heterocycles. The van der Waals surface area contributed by atoms with Crippen LogP contribution in [-0.4, -0.2) is 64.0 Å². The molecule has 7 heteroatoms. The van der Waals surface area contributed by atoms with Gasteiger partial charge in [-0.1, -0.05) is 0 Å². The zero-order valence-corrected chi connectivity index (χ0v) is 16.3. The fourth-order valence-electron chi connectivity index (χ4n) is 2.46. The van der Waals surface area contributed by atoms with E-state index in [1.165, 1.54) is 0 Å². The average Bonchev–Trinajstić information content (AvgIpc) is 3.09. The van der Waals surface area contributed by atoms with Gasteiger partial charge in [-0.2, -0.15) is 0 Å². The van der Waals surface area contributed by atoms with E-state index in [4.69, 9.17) is 9.47 Å². The van der Waals surface area contributed by atoms with Crippen LogP contribution in [0.15, 0.2) is 4.99 Å². The number of carbonyl (C=O) groups excluding carboxylic acids is 1. The minimum absolute atomic E-state index is 0.0251. The molecule has 146 valence electrons. The molecular formula is C18H36N4O3. The summed E-state index contributed by atoms with van der Waals surface area (Å²) in [7, 11) is 0. The fourth-order valence-corrected chi connectivity index (χ4v) is 2.46. The Morgan fingerprint density at radius 3 is 2.64 bits per heavy atom. The zero-order valence-electron chi connectivity index (χ0n) is 16.3. The van der Waals surface area contributed by atoms with Crippen LogP contribution in [0.4, 0.5) is 0 Å². The summed E-state index contributed by atoms with van der Waals surface area (Å²) in [5.41, 5.74) is -0.525. The van der Waals surface area contributed by atoms with Crippen molar-refractivity contribution in [2.45, 2.75) is 53.1 Å². The molecule has 0 aromatic rings. The van der Waals surface area contributed by atoms with Gasteiger partial charge < -0.3 is 25.4 Å². The third kappa shape index (κ3) is 9.07. The minimum Gasteiger partial charge on any atom is -0.379 e. The smallest absolute Gasteiger partial charge is 0.227 e. The van der Waals surface area contributed by atoms with Crippen LogP contribution >= 0.6 is 0 Å². The molecule has 1 amide bonds. The van der Waals surface area contributed by atoms with Gasteiger partial charge in [-0.15, -0.1) is 0 Å². The molecular weight excluding hydrogens is 320 g/mol. The van der Waals surface area contributed by atoms with Gasteiger partial charge in [0, 0.05) is 32.8 Å². The van der Waals surface area contributed by atoms with E-state index >= 15 is 0 Å². The van der Waals surface area contributed by atoms with Gasteiger partial charge in [0.05, 0.1) is 24.7 Å². The Morgan fingerprint density at radius 2 is 2.00 bits per heavy atom. The highest BCUT2D eigenvalue weighted by Gasteiger charge is 2.26. The van der Waals surface area contributed by atoms with Gasteiger partial charge >= 0.3 is 0 Å². The van der Waals surface area contributed by atoms with Gasteiger partial charge in [-0.25, -0.2) is 0 Å². The van der Waals surface area contributed by atoms with E-state index in [1.54, 1.807) is 0 Å². The number of amides is 1. The van der Waals surface area contributed by atoms with Crippen LogP contribution in [0.5, 0.6) is 0 Å². The quantitative estimate of drug-likeness (QED) is 0.295. The van der Waals surface area contributed by atoms with Crippen molar-refractivity contribution in [3.8, 4) is 0 Å². The number of guanidine groups is 1. The molecule has 1 fully saturated rings. The number of hydrogen-bond acceptors (Lipinski definition) is 4. The van der Waals surface area contributed by atoms with E-state index in [0.717, 1.165) is 44.9 Å². The molecule has 25 heavy (non-hydrogen) atoms. The Morgan fingerprint density at radius 1 is 1.24 bits per heavy atom. The van der Waals surface area contributed by atoms with Crippen molar-refractivity contribution in [2.75, 3.05) is 46.0 Å². The first-order valence-corrected chi connectivity index (χ1v) is 9.49. The Labute approximate surface area is 152 Å². The van der Waals surface area contributed by atoms with Crippen molar-refractivity contribution >= 4 is 11.9 Å². The van der Waals surface area contributed by atoms with Crippen molar-refractivity contribution in [2.24, 2.45) is 10.4 Å². The molecule has 0 bridgehead atoms. The summed E-state index contributed by atoms with van der Waals surface area (Å²) in [6.07, 6.45) is 3.43. The summed E-state index contributed by atoms with van der Waals surface area (Å²) in [5.74, 6) is 0.760. The molecule has 1 unspecified atom stereocenters. The molecule has 1 atom stereocenters. The van der Waals surface area contributed by atoms with Gasteiger partial charge in [0.25, 0.3) is 0 Å². The normalized spacial score (nSPS) is 18.2. The van der Waals surface area contributed by atoms with Crippen LogP contribution in [0.3, 0.4) is 0 Å². The number of hydrogen-bond donors (Lipinski definition) is 3. The molecule has 1 aliphatic rings. The first-order chi connectivity index (χ1) is 12.0. The largest absolute Gasteiger partial charge is 0.379 e. The number of nitrogens with zero attached hydrogens (tertiary/aromatic N) is 1. The lowest BCUT2D eigenvalue weighted by molar-refractivity contribution is -0.128. The van der Waals surface area contributed by atoms with Gasteiger partial charge in [0.1, 0.15) is 0 Å². The number of aliphatic imine (C=N–C) groups is 1. The van der Waals surface area contributed by atoms with Gasteiger partial charge in [-0.05, 0) is 47.0 Å². The van der Waals surface area contributed by atoms with Crippen molar-refractivity contribution in [1.82, 2.24) is 16.0 Å². The molecule has 3 N–H and O–H groups in total. The standard InChI is InChI=1S/C18H36N4O3/c1-5-19-16(23)18(3,4)14-22-17(20-6-2)21-10-8-11-24-13-15-9-7-12-25-15/h15H,5-14H2,1-4H3,(H,19,23)(H2,20,21,22). The third-order valence-corrected chi connectivity index (χ3v) is 4.01. The first kappa shape index (κ1) is 21.7. The minimum atomic E-state index is -0.525. The zero-order chi connectivity index (χ0) is 18.5. The summed E-state index contributed by atoms with van der Waals surface area (Å²) in [4.78, 5) is 16.6. The molecule has 0 spiro atoms. The van der Waals surface area contributed by atoms with E-state index in [-0.39, 0.29) is 12.0 Å². The Hall–Kier alpha value is -1.34. The molecule has 0 saturated carbocycles. The maximum atomic E-state index is 12.0. The van der Waals surface area contributed by atoms with Crippen molar-refractivity contribution in [1.29, 1.82) is 0 Å². The maximum Gasteiger partial charge on any atom is 0.227 e. The predicted octanol–water partition coefficient (Wildman–Crippen LogP) is 1.29. The summed E-state index contributed by atoms with van der Waals surface area (Å²) >= 11 is 0. The SMILES string of the molecule is CCNC(=O)C(C)(C)CN=C(NCC)NCCCOCC1CCCO1. The summed E-state index contributed by atoms with van der Waals surface area (Å²) in [5, 5.41) is 9.35. The molecule has 1 aliphatic heterocycles. The molecule has 1 saturated heterocycles. The second-order valence-corrected chi connectivity index (χ2v) is 6.93. The molecule has 0 aliphatic carbocycles. The van der Waals surface area contributed by atoms with Gasteiger partial charge in [0.15, 0.2) is 5.96 Å². The highest BCUT2D eigenvalue weighted by molar-refractivity contribution is 5.83. The van der Waals surface area contributed by atoms with E-state index in [2.05, 4.69) is 20.9 Å². The summed E-state index contributed by atoms with van der Waals surface area (Å²) < 4.78 is 11.2. The van der Waals surface area contributed by atoms with Crippen LogP contribution in [0.25, 0.3) is 0 Å². The monoisotopic (exact) mass is 356 g/mol. The van der Waals surface area contributed by atoms with Crippen LogP contribution < -0.4 is 16.0 Å². The Balaban J connectivity index is 2.26. The molecule has 7 nitrogen and oxygen atoms in total. The number of carbonyl (C=O) groups is 1. The van der Waals surface area contributed by atoms with Gasteiger partial charge in [-0.3, -0.25) is 9.79 Å². The topological polar surface area (TPSA) is 84.0 Å². The first-order valence-electron chi connectivity index (χ1n) is 9.49. The van der Waals surface area contributed by atoms with Crippen LogP contribution in [0.1, 0.15) is 47.0 Å². The number of nitrogens with one attached hydrogen (secondary N) is 3.